The standard InChI is InChI=1S/C15H18N2O4/c1-17(12-6-8-21-9-7-12)15(20)13-4-2-11(10-16-13)3-5-14(18)19/h2-5,10,12H,6-9H2,1H3,(H,18,19). The van der Waals surface area contributed by atoms with Gasteiger partial charge in [0.05, 0.1) is 0 Å². The molecule has 0 aliphatic carbocycles. The maximum Gasteiger partial charge on any atom is 0.328 e. The molecule has 0 atom stereocenters. The van der Waals surface area contributed by atoms with Crippen molar-refractivity contribution < 1.29 is 19.4 Å². The minimum Gasteiger partial charge on any atom is -0.478 e. The molecule has 1 aliphatic rings. The number of amides is 1. The van der Waals surface area contributed by atoms with Gasteiger partial charge in [0.1, 0.15) is 5.69 Å². The number of hydrogen-bond acceptors (Lipinski definition) is 4. The average Bonchev–Trinajstić information content (AvgIpc) is 2.53. The fourth-order valence-corrected chi connectivity index (χ4v) is 2.22. The number of carbonyl (C=O) groups is 2. The van der Waals surface area contributed by atoms with E-state index in [0.717, 1.165) is 18.9 Å². The van der Waals surface area contributed by atoms with Gasteiger partial charge in [-0.1, -0.05) is 6.07 Å². The largest absolute Gasteiger partial charge is 0.478 e. The number of aromatic nitrogens is 1. The van der Waals surface area contributed by atoms with Crippen LogP contribution in [0.1, 0.15) is 28.9 Å². The Morgan fingerprint density at radius 2 is 2.10 bits per heavy atom. The van der Waals surface area contributed by atoms with Crippen LogP contribution in [0.15, 0.2) is 24.4 Å². The van der Waals surface area contributed by atoms with Crippen molar-refractivity contribution in [2.75, 3.05) is 20.3 Å². The smallest absolute Gasteiger partial charge is 0.328 e. The van der Waals surface area contributed by atoms with Crippen molar-refractivity contribution in [1.82, 2.24) is 9.88 Å². The second-order valence-corrected chi connectivity index (χ2v) is 4.91. The SMILES string of the molecule is CN(C(=O)c1ccc(C=CC(=O)O)cn1)C1CCOCC1. The molecule has 6 heteroatoms. The van der Waals surface area contributed by atoms with Gasteiger partial charge in [-0.15, -0.1) is 0 Å². The summed E-state index contributed by atoms with van der Waals surface area (Å²) in [5, 5.41) is 8.56. The maximum absolute atomic E-state index is 12.3. The van der Waals surface area contributed by atoms with Gasteiger partial charge in [-0.25, -0.2) is 4.79 Å². The van der Waals surface area contributed by atoms with E-state index in [1.807, 2.05) is 0 Å². The van der Waals surface area contributed by atoms with Crippen LogP contribution in [0.4, 0.5) is 0 Å². The molecule has 1 aromatic heterocycles. The number of rotatable bonds is 4. The molecule has 6 nitrogen and oxygen atoms in total. The minimum atomic E-state index is -1.02. The van der Waals surface area contributed by atoms with E-state index in [1.165, 1.54) is 12.3 Å². The van der Waals surface area contributed by atoms with Crippen molar-refractivity contribution in [3.05, 3.63) is 35.7 Å². The Morgan fingerprint density at radius 3 is 2.67 bits per heavy atom. The van der Waals surface area contributed by atoms with Gasteiger partial charge in [0.25, 0.3) is 5.91 Å². The number of ether oxygens (including phenoxy) is 1. The summed E-state index contributed by atoms with van der Waals surface area (Å²) >= 11 is 0. The maximum atomic E-state index is 12.3. The normalized spacial score (nSPS) is 16.0. The van der Waals surface area contributed by atoms with Crippen molar-refractivity contribution in [1.29, 1.82) is 0 Å². The molecule has 21 heavy (non-hydrogen) atoms. The Morgan fingerprint density at radius 1 is 1.38 bits per heavy atom. The monoisotopic (exact) mass is 290 g/mol. The number of nitrogens with zero attached hydrogens (tertiary/aromatic N) is 2. The summed E-state index contributed by atoms with van der Waals surface area (Å²) in [7, 11) is 1.78. The van der Waals surface area contributed by atoms with Gasteiger partial charge < -0.3 is 14.7 Å². The second-order valence-electron chi connectivity index (χ2n) is 4.91. The zero-order valence-corrected chi connectivity index (χ0v) is 11.9. The summed E-state index contributed by atoms with van der Waals surface area (Å²) in [6.07, 6.45) is 5.63. The molecule has 1 N–H and O–H groups in total. The lowest BCUT2D eigenvalue weighted by atomic mass is 10.1. The average molecular weight is 290 g/mol. The highest BCUT2D eigenvalue weighted by molar-refractivity contribution is 5.92. The van der Waals surface area contributed by atoms with Crippen molar-refractivity contribution in [2.24, 2.45) is 0 Å². The number of carbonyl (C=O) groups excluding carboxylic acids is 1. The molecule has 1 aliphatic heterocycles. The summed E-state index contributed by atoms with van der Waals surface area (Å²) in [5.74, 6) is -1.15. The van der Waals surface area contributed by atoms with Gasteiger partial charge in [0, 0.05) is 38.6 Å². The highest BCUT2D eigenvalue weighted by Crippen LogP contribution is 2.15. The van der Waals surface area contributed by atoms with Crippen LogP contribution in [0.25, 0.3) is 6.08 Å². The molecule has 0 spiro atoms. The van der Waals surface area contributed by atoms with E-state index in [1.54, 1.807) is 24.1 Å². The number of hydrogen-bond donors (Lipinski definition) is 1. The predicted octanol–water partition coefficient (Wildman–Crippen LogP) is 1.43. The van der Waals surface area contributed by atoms with E-state index in [4.69, 9.17) is 9.84 Å². The first-order valence-electron chi connectivity index (χ1n) is 6.80. The number of pyridine rings is 1. The highest BCUT2D eigenvalue weighted by Gasteiger charge is 2.23. The molecule has 0 saturated carbocycles. The molecule has 2 rings (SSSR count). The van der Waals surface area contributed by atoms with E-state index in [-0.39, 0.29) is 11.9 Å². The minimum absolute atomic E-state index is 0.129. The third-order valence-electron chi connectivity index (χ3n) is 3.48. The van der Waals surface area contributed by atoms with Gasteiger partial charge in [-0.05, 0) is 30.5 Å². The first kappa shape index (κ1) is 15.2. The molecular formula is C15H18N2O4. The quantitative estimate of drug-likeness (QED) is 0.849. The van der Waals surface area contributed by atoms with E-state index in [0.29, 0.717) is 24.5 Å². The van der Waals surface area contributed by atoms with E-state index >= 15 is 0 Å². The molecule has 2 heterocycles. The van der Waals surface area contributed by atoms with Crippen molar-refractivity contribution in [2.45, 2.75) is 18.9 Å². The Kier molecular flexibility index (Phi) is 5.05. The molecule has 1 saturated heterocycles. The third kappa shape index (κ3) is 4.13. The molecule has 0 unspecified atom stereocenters. The van der Waals surface area contributed by atoms with Crippen LogP contribution in [0.5, 0.6) is 0 Å². The summed E-state index contributed by atoms with van der Waals surface area (Å²) in [4.78, 5) is 28.6. The Balaban J connectivity index is 2.03. The summed E-state index contributed by atoms with van der Waals surface area (Å²) in [6, 6.07) is 3.47. The zero-order valence-electron chi connectivity index (χ0n) is 11.9. The first-order chi connectivity index (χ1) is 10.1. The summed E-state index contributed by atoms with van der Waals surface area (Å²) < 4.78 is 5.29. The van der Waals surface area contributed by atoms with Crippen LogP contribution >= 0.6 is 0 Å². The molecule has 1 fully saturated rings. The number of aliphatic carboxylic acids is 1. The lowest BCUT2D eigenvalue weighted by Gasteiger charge is -2.31. The van der Waals surface area contributed by atoms with Gasteiger partial charge >= 0.3 is 5.97 Å². The van der Waals surface area contributed by atoms with E-state index in [2.05, 4.69) is 4.98 Å². The fourth-order valence-electron chi connectivity index (χ4n) is 2.22. The zero-order chi connectivity index (χ0) is 15.2. The molecule has 112 valence electrons. The topological polar surface area (TPSA) is 79.7 Å². The Labute approximate surface area is 123 Å². The molecule has 0 bridgehead atoms. The summed E-state index contributed by atoms with van der Waals surface area (Å²) in [6.45, 7) is 1.35. The molecule has 1 amide bonds. The highest BCUT2D eigenvalue weighted by atomic mass is 16.5. The van der Waals surface area contributed by atoms with Crippen LogP contribution in [-0.4, -0.2) is 53.2 Å². The number of carboxylic acids is 1. The van der Waals surface area contributed by atoms with Gasteiger partial charge in [-0.3, -0.25) is 9.78 Å². The first-order valence-corrected chi connectivity index (χ1v) is 6.80. The Hall–Kier alpha value is -2.21. The molecular weight excluding hydrogens is 272 g/mol. The molecule has 0 aromatic carbocycles. The second kappa shape index (κ2) is 6.99. The van der Waals surface area contributed by atoms with Crippen LogP contribution < -0.4 is 0 Å². The van der Waals surface area contributed by atoms with Crippen LogP contribution in [0, 0.1) is 0 Å². The number of carboxylic acid groups (broad SMARTS) is 1. The van der Waals surface area contributed by atoms with E-state index < -0.39 is 5.97 Å². The molecule has 1 aromatic rings. The van der Waals surface area contributed by atoms with Gasteiger partial charge in [0.2, 0.25) is 0 Å². The van der Waals surface area contributed by atoms with Crippen molar-refractivity contribution in [3.8, 4) is 0 Å². The lowest BCUT2D eigenvalue weighted by molar-refractivity contribution is -0.131. The van der Waals surface area contributed by atoms with Crippen LogP contribution in [0.2, 0.25) is 0 Å². The molecule has 0 radical (unpaired) electrons. The summed E-state index contributed by atoms with van der Waals surface area (Å²) in [5.41, 5.74) is 0.999. The van der Waals surface area contributed by atoms with Gasteiger partial charge in [-0.2, -0.15) is 0 Å². The van der Waals surface area contributed by atoms with Crippen LogP contribution in [-0.2, 0) is 9.53 Å². The van der Waals surface area contributed by atoms with E-state index in [9.17, 15) is 9.59 Å². The Bertz CT molecular complexity index is 533. The van der Waals surface area contributed by atoms with Gasteiger partial charge in [0.15, 0.2) is 0 Å². The van der Waals surface area contributed by atoms with Crippen molar-refractivity contribution in [3.63, 3.8) is 0 Å². The third-order valence-corrected chi connectivity index (χ3v) is 3.48. The van der Waals surface area contributed by atoms with Crippen LogP contribution in [0.3, 0.4) is 0 Å². The predicted molar refractivity (Wildman–Crippen MR) is 76.8 cm³/mol. The lowest BCUT2D eigenvalue weighted by Crippen LogP contribution is -2.40. The fraction of sp³-hybridized carbons (Fsp3) is 0.400. The van der Waals surface area contributed by atoms with Crippen molar-refractivity contribution >= 4 is 18.0 Å².